The van der Waals surface area contributed by atoms with E-state index in [0.29, 0.717) is 6.54 Å². The Morgan fingerprint density at radius 3 is 1.65 bits per heavy atom. The van der Waals surface area contributed by atoms with Crippen LogP contribution in [0.15, 0.2) is 60.7 Å². The van der Waals surface area contributed by atoms with Gasteiger partial charge in [0.05, 0.1) is 6.04 Å². The van der Waals surface area contributed by atoms with Gasteiger partial charge in [-0.1, -0.05) is 67.6 Å². The Labute approximate surface area is 102 Å². The second kappa shape index (κ2) is 5.62. The van der Waals surface area contributed by atoms with Crippen LogP contribution in [0.3, 0.4) is 0 Å². The molecule has 17 heavy (non-hydrogen) atoms. The lowest BCUT2D eigenvalue weighted by Gasteiger charge is -2.25. The van der Waals surface area contributed by atoms with E-state index in [4.69, 9.17) is 0 Å². The van der Waals surface area contributed by atoms with Crippen LogP contribution in [0.2, 0.25) is 0 Å². The first kappa shape index (κ1) is 11.8. The van der Waals surface area contributed by atoms with E-state index in [-0.39, 0.29) is 6.04 Å². The van der Waals surface area contributed by atoms with Crippen LogP contribution in [0, 0.1) is 0 Å². The minimum Gasteiger partial charge on any atom is -0.313 e. The van der Waals surface area contributed by atoms with E-state index in [1.807, 2.05) is 67.6 Å². The number of rotatable bonds is 4. The molecule has 0 saturated carbocycles. The Morgan fingerprint density at radius 1 is 0.882 bits per heavy atom. The van der Waals surface area contributed by atoms with E-state index in [0.717, 1.165) is 11.1 Å². The molecule has 0 bridgehead atoms. The van der Waals surface area contributed by atoms with Gasteiger partial charge >= 0.3 is 0 Å². The SMILES string of the molecule is CCN(O)C(c1ccccc1)c1ccccc1. The molecule has 0 aliphatic rings. The van der Waals surface area contributed by atoms with Gasteiger partial charge in [0.25, 0.3) is 0 Å². The van der Waals surface area contributed by atoms with Crippen molar-refractivity contribution in [3.05, 3.63) is 71.8 Å². The van der Waals surface area contributed by atoms with E-state index in [2.05, 4.69) is 0 Å². The largest absolute Gasteiger partial charge is 0.313 e. The van der Waals surface area contributed by atoms with Crippen LogP contribution in [0.5, 0.6) is 0 Å². The Kier molecular flexibility index (Phi) is 3.91. The molecule has 2 nitrogen and oxygen atoms in total. The molecule has 0 unspecified atom stereocenters. The van der Waals surface area contributed by atoms with Crippen LogP contribution in [-0.4, -0.2) is 16.8 Å². The molecule has 0 aliphatic heterocycles. The van der Waals surface area contributed by atoms with Crippen molar-refractivity contribution in [1.82, 2.24) is 5.06 Å². The second-order valence-electron chi connectivity index (χ2n) is 3.98. The van der Waals surface area contributed by atoms with Crippen molar-refractivity contribution < 1.29 is 5.21 Å². The molecule has 2 rings (SSSR count). The lowest BCUT2D eigenvalue weighted by Crippen LogP contribution is -2.25. The summed E-state index contributed by atoms with van der Waals surface area (Å²) in [5.74, 6) is 0. The Bertz CT molecular complexity index is 401. The van der Waals surface area contributed by atoms with Gasteiger partial charge in [-0.05, 0) is 11.1 Å². The molecule has 88 valence electrons. The molecule has 0 atom stereocenters. The summed E-state index contributed by atoms with van der Waals surface area (Å²) in [5, 5.41) is 11.4. The van der Waals surface area contributed by atoms with Gasteiger partial charge in [-0.15, -0.1) is 0 Å². The summed E-state index contributed by atoms with van der Waals surface area (Å²) in [7, 11) is 0. The highest BCUT2D eigenvalue weighted by Crippen LogP contribution is 2.26. The molecule has 0 spiro atoms. The van der Waals surface area contributed by atoms with Crippen molar-refractivity contribution in [3.63, 3.8) is 0 Å². The molecule has 0 fully saturated rings. The topological polar surface area (TPSA) is 23.5 Å². The molecule has 0 heterocycles. The number of benzene rings is 2. The van der Waals surface area contributed by atoms with Crippen LogP contribution in [0.4, 0.5) is 0 Å². The van der Waals surface area contributed by atoms with Crippen molar-refractivity contribution in [2.75, 3.05) is 6.54 Å². The van der Waals surface area contributed by atoms with Gasteiger partial charge in [0.15, 0.2) is 0 Å². The van der Waals surface area contributed by atoms with Gasteiger partial charge in [0, 0.05) is 6.54 Å². The van der Waals surface area contributed by atoms with Crippen LogP contribution in [-0.2, 0) is 0 Å². The fourth-order valence-electron chi connectivity index (χ4n) is 1.99. The first-order valence-electron chi connectivity index (χ1n) is 5.88. The molecule has 1 N–H and O–H groups in total. The van der Waals surface area contributed by atoms with Crippen LogP contribution in [0.25, 0.3) is 0 Å². The van der Waals surface area contributed by atoms with Crippen molar-refractivity contribution >= 4 is 0 Å². The predicted octanol–water partition coefficient (Wildman–Crippen LogP) is 3.49. The predicted molar refractivity (Wildman–Crippen MR) is 68.9 cm³/mol. The first-order valence-corrected chi connectivity index (χ1v) is 5.88. The summed E-state index contributed by atoms with van der Waals surface area (Å²) in [5.41, 5.74) is 2.20. The molecular formula is C15H17NO. The number of nitrogens with zero attached hydrogens (tertiary/aromatic N) is 1. The Morgan fingerprint density at radius 2 is 1.29 bits per heavy atom. The summed E-state index contributed by atoms with van der Waals surface area (Å²) < 4.78 is 0. The molecular weight excluding hydrogens is 210 g/mol. The lowest BCUT2D eigenvalue weighted by atomic mass is 9.98. The van der Waals surface area contributed by atoms with Crippen molar-refractivity contribution in [2.24, 2.45) is 0 Å². The minimum absolute atomic E-state index is 0.0950. The molecule has 2 heteroatoms. The molecule has 0 radical (unpaired) electrons. The Hall–Kier alpha value is -1.64. The standard InChI is InChI=1S/C15H17NO/c1-2-16(17)15(13-9-5-3-6-10-13)14-11-7-4-8-12-14/h3-12,15,17H,2H2,1H3. The fraction of sp³-hybridized carbons (Fsp3) is 0.200. The zero-order valence-electron chi connectivity index (χ0n) is 9.95. The van der Waals surface area contributed by atoms with Gasteiger partial charge in [0.2, 0.25) is 0 Å². The normalized spacial score (nSPS) is 11.1. The van der Waals surface area contributed by atoms with E-state index in [1.165, 1.54) is 5.06 Å². The summed E-state index contributed by atoms with van der Waals surface area (Å²) >= 11 is 0. The van der Waals surface area contributed by atoms with E-state index < -0.39 is 0 Å². The summed E-state index contributed by atoms with van der Waals surface area (Å²) in [6, 6.07) is 20.0. The van der Waals surface area contributed by atoms with Crippen molar-refractivity contribution in [1.29, 1.82) is 0 Å². The zero-order chi connectivity index (χ0) is 12.1. The van der Waals surface area contributed by atoms with Crippen LogP contribution < -0.4 is 0 Å². The lowest BCUT2D eigenvalue weighted by molar-refractivity contribution is -0.112. The number of hydroxylamine groups is 2. The molecule has 2 aromatic rings. The number of hydrogen-bond acceptors (Lipinski definition) is 2. The van der Waals surface area contributed by atoms with E-state index >= 15 is 0 Å². The van der Waals surface area contributed by atoms with Crippen molar-refractivity contribution in [3.8, 4) is 0 Å². The van der Waals surface area contributed by atoms with Gasteiger partial charge < -0.3 is 5.21 Å². The molecule has 0 aliphatic carbocycles. The van der Waals surface area contributed by atoms with Gasteiger partial charge in [-0.3, -0.25) is 0 Å². The minimum atomic E-state index is -0.0950. The maximum atomic E-state index is 10.1. The molecule has 2 aromatic carbocycles. The maximum absolute atomic E-state index is 10.1. The third-order valence-electron chi connectivity index (χ3n) is 2.85. The van der Waals surface area contributed by atoms with Gasteiger partial charge in [0.1, 0.15) is 0 Å². The van der Waals surface area contributed by atoms with E-state index in [9.17, 15) is 5.21 Å². The average Bonchev–Trinajstić information content (AvgIpc) is 2.41. The molecule has 0 amide bonds. The highest BCUT2D eigenvalue weighted by molar-refractivity contribution is 5.31. The monoisotopic (exact) mass is 227 g/mol. The second-order valence-corrected chi connectivity index (χ2v) is 3.98. The average molecular weight is 227 g/mol. The summed E-state index contributed by atoms with van der Waals surface area (Å²) in [4.78, 5) is 0. The smallest absolute Gasteiger partial charge is 0.0849 e. The van der Waals surface area contributed by atoms with Crippen molar-refractivity contribution in [2.45, 2.75) is 13.0 Å². The van der Waals surface area contributed by atoms with Gasteiger partial charge in [-0.2, -0.15) is 5.06 Å². The van der Waals surface area contributed by atoms with E-state index in [1.54, 1.807) is 0 Å². The molecule has 0 aromatic heterocycles. The first-order chi connectivity index (χ1) is 8.33. The quantitative estimate of drug-likeness (QED) is 0.808. The summed E-state index contributed by atoms with van der Waals surface area (Å²) in [6.45, 7) is 2.54. The zero-order valence-corrected chi connectivity index (χ0v) is 9.95. The molecule has 0 saturated heterocycles. The maximum Gasteiger partial charge on any atom is 0.0849 e. The third kappa shape index (κ3) is 2.73. The highest BCUT2D eigenvalue weighted by atomic mass is 16.5. The summed E-state index contributed by atoms with van der Waals surface area (Å²) in [6.07, 6.45) is 0. The van der Waals surface area contributed by atoms with Crippen LogP contribution >= 0.6 is 0 Å². The third-order valence-corrected chi connectivity index (χ3v) is 2.85. The Balaban J connectivity index is 2.39. The highest BCUT2D eigenvalue weighted by Gasteiger charge is 2.18. The van der Waals surface area contributed by atoms with Gasteiger partial charge in [-0.25, -0.2) is 0 Å². The fourth-order valence-corrected chi connectivity index (χ4v) is 1.99. The van der Waals surface area contributed by atoms with Crippen LogP contribution in [0.1, 0.15) is 24.1 Å². The number of hydrogen-bond donors (Lipinski definition) is 1.